The molecular weight excluding hydrogens is 302 g/mol. The molecule has 1 fully saturated rings. The van der Waals surface area contributed by atoms with Crippen molar-refractivity contribution in [1.82, 2.24) is 14.7 Å². The van der Waals surface area contributed by atoms with Crippen molar-refractivity contribution in [3.63, 3.8) is 0 Å². The average molecular weight is 333 g/mol. The van der Waals surface area contributed by atoms with Crippen LogP contribution in [-0.4, -0.2) is 80.6 Å². The molecule has 1 atom stereocenters. The minimum Gasteiger partial charge on any atom is -0.491 e. The van der Waals surface area contributed by atoms with Crippen LogP contribution in [0, 0.1) is 0 Å². The Morgan fingerprint density at radius 3 is 2.79 bits per heavy atom. The van der Waals surface area contributed by atoms with Gasteiger partial charge in [0.1, 0.15) is 12.4 Å². The maximum atomic E-state index is 12.5. The number of aryl methyl sites for hydroxylation is 1. The fraction of sp³-hybridized carbons (Fsp3) is 0.632. The van der Waals surface area contributed by atoms with Crippen LogP contribution in [0.15, 0.2) is 24.3 Å². The van der Waals surface area contributed by atoms with E-state index in [0.29, 0.717) is 25.6 Å². The highest BCUT2D eigenvalue weighted by atomic mass is 16.5. The van der Waals surface area contributed by atoms with Crippen LogP contribution in [0.4, 0.5) is 0 Å². The minimum atomic E-state index is 0.189. The zero-order valence-electron chi connectivity index (χ0n) is 15.5. The lowest BCUT2D eigenvalue weighted by atomic mass is 10.1. The summed E-state index contributed by atoms with van der Waals surface area (Å²) in [4.78, 5) is 18.8. The molecule has 0 spiro atoms. The summed E-state index contributed by atoms with van der Waals surface area (Å²) < 4.78 is 5.86. The van der Waals surface area contributed by atoms with Gasteiger partial charge in [-0.15, -0.1) is 0 Å². The highest BCUT2D eigenvalue weighted by molar-refractivity contribution is 5.76. The van der Waals surface area contributed by atoms with Crippen molar-refractivity contribution in [2.45, 2.75) is 25.8 Å². The molecule has 0 bridgehead atoms. The molecule has 24 heavy (non-hydrogen) atoms. The molecule has 1 aliphatic heterocycles. The van der Waals surface area contributed by atoms with Gasteiger partial charge in [0.15, 0.2) is 0 Å². The molecule has 1 aromatic rings. The van der Waals surface area contributed by atoms with E-state index < -0.39 is 0 Å². The Morgan fingerprint density at radius 1 is 1.29 bits per heavy atom. The number of amides is 1. The van der Waals surface area contributed by atoms with Crippen LogP contribution in [0.1, 0.15) is 18.9 Å². The summed E-state index contributed by atoms with van der Waals surface area (Å²) in [5.74, 6) is 1.11. The van der Waals surface area contributed by atoms with Crippen LogP contribution in [0.3, 0.4) is 0 Å². The topological polar surface area (TPSA) is 36.0 Å². The van der Waals surface area contributed by atoms with Gasteiger partial charge in [-0.05, 0) is 32.1 Å². The Kier molecular flexibility index (Phi) is 7.06. The van der Waals surface area contributed by atoms with Gasteiger partial charge in [0.25, 0.3) is 0 Å². The number of carbonyl (C=O) groups excluding carboxylic acids is 1. The molecule has 1 amide bonds. The fourth-order valence-electron chi connectivity index (χ4n) is 3.03. The van der Waals surface area contributed by atoms with Crippen molar-refractivity contribution in [3.8, 4) is 5.75 Å². The number of benzene rings is 1. The quantitative estimate of drug-likeness (QED) is 0.761. The average Bonchev–Trinajstić information content (AvgIpc) is 2.58. The van der Waals surface area contributed by atoms with E-state index in [2.05, 4.69) is 36.9 Å². The van der Waals surface area contributed by atoms with Crippen LogP contribution in [0.2, 0.25) is 0 Å². The molecule has 0 N–H and O–H groups in total. The van der Waals surface area contributed by atoms with Gasteiger partial charge in [-0.2, -0.15) is 0 Å². The van der Waals surface area contributed by atoms with Gasteiger partial charge >= 0.3 is 0 Å². The van der Waals surface area contributed by atoms with E-state index in [-0.39, 0.29) is 5.91 Å². The number of rotatable bonds is 7. The lowest BCUT2D eigenvalue weighted by molar-refractivity contribution is -0.132. The molecule has 0 aromatic heterocycles. The number of carbonyl (C=O) groups is 1. The van der Waals surface area contributed by atoms with Gasteiger partial charge < -0.3 is 19.4 Å². The summed E-state index contributed by atoms with van der Waals surface area (Å²) in [5, 5.41) is 0. The standard InChI is InChI=1S/C19H31N3O2/c1-5-16-8-6-7-9-18(16)24-13-12-22(4)19(23)14-17-15-20(2)10-11-21(17)3/h6-9,17H,5,10-15H2,1-4H3/t17-/m0/s1. The highest BCUT2D eigenvalue weighted by Gasteiger charge is 2.25. The second-order valence-corrected chi connectivity index (χ2v) is 6.73. The van der Waals surface area contributed by atoms with Crippen molar-refractivity contribution in [2.75, 3.05) is 53.9 Å². The maximum absolute atomic E-state index is 12.5. The Morgan fingerprint density at radius 2 is 2.04 bits per heavy atom. The molecule has 2 rings (SSSR count). The third-order valence-corrected chi connectivity index (χ3v) is 4.85. The molecule has 0 saturated carbocycles. The summed E-state index contributed by atoms with van der Waals surface area (Å²) >= 11 is 0. The summed E-state index contributed by atoms with van der Waals surface area (Å²) in [6.07, 6.45) is 1.52. The summed E-state index contributed by atoms with van der Waals surface area (Å²) in [6.45, 7) is 6.31. The van der Waals surface area contributed by atoms with Crippen molar-refractivity contribution in [1.29, 1.82) is 0 Å². The normalized spacial score (nSPS) is 19.2. The number of nitrogens with zero attached hydrogens (tertiary/aromatic N) is 3. The SMILES string of the molecule is CCc1ccccc1OCCN(C)C(=O)C[C@H]1CN(C)CCN1C. The first-order valence-electron chi connectivity index (χ1n) is 8.84. The summed E-state index contributed by atoms with van der Waals surface area (Å²) in [7, 11) is 6.09. The van der Waals surface area contributed by atoms with Crippen LogP contribution in [0.25, 0.3) is 0 Å². The number of ether oxygens (including phenoxy) is 1. The Hall–Kier alpha value is -1.59. The zero-order chi connectivity index (χ0) is 17.5. The van der Waals surface area contributed by atoms with Gasteiger partial charge in [-0.1, -0.05) is 25.1 Å². The van der Waals surface area contributed by atoms with E-state index in [1.54, 1.807) is 4.90 Å². The molecule has 0 radical (unpaired) electrons. The van der Waals surface area contributed by atoms with Gasteiger partial charge in [-0.25, -0.2) is 0 Å². The molecule has 0 aliphatic carbocycles. The highest BCUT2D eigenvalue weighted by Crippen LogP contribution is 2.18. The Balaban J connectivity index is 1.77. The molecule has 0 unspecified atom stereocenters. The van der Waals surface area contributed by atoms with Crippen LogP contribution in [-0.2, 0) is 11.2 Å². The van der Waals surface area contributed by atoms with E-state index in [9.17, 15) is 4.79 Å². The smallest absolute Gasteiger partial charge is 0.224 e. The van der Waals surface area contributed by atoms with E-state index in [1.807, 2.05) is 25.2 Å². The molecule has 5 nitrogen and oxygen atoms in total. The predicted molar refractivity (Wildman–Crippen MR) is 97.5 cm³/mol. The fourth-order valence-corrected chi connectivity index (χ4v) is 3.03. The first kappa shape index (κ1) is 18.7. The van der Waals surface area contributed by atoms with E-state index >= 15 is 0 Å². The van der Waals surface area contributed by atoms with Crippen LogP contribution >= 0.6 is 0 Å². The first-order valence-corrected chi connectivity index (χ1v) is 8.84. The molecule has 134 valence electrons. The Labute approximate surface area is 146 Å². The van der Waals surface area contributed by atoms with Crippen molar-refractivity contribution < 1.29 is 9.53 Å². The third kappa shape index (κ3) is 5.21. The molecule has 1 aromatic carbocycles. The molecule has 5 heteroatoms. The van der Waals surface area contributed by atoms with Gasteiger partial charge in [0.05, 0.1) is 6.54 Å². The largest absolute Gasteiger partial charge is 0.491 e. The number of para-hydroxylation sites is 1. The number of hydrogen-bond acceptors (Lipinski definition) is 4. The maximum Gasteiger partial charge on any atom is 0.224 e. The molecule has 1 heterocycles. The Bertz CT molecular complexity index is 535. The first-order chi connectivity index (χ1) is 11.5. The van der Waals surface area contributed by atoms with Gasteiger partial charge in [-0.3, -0.25) is 4.79 Å². The van der Waals surface area contributed by atoms with Crippen molar-refractivity contribution in [3.05, 3.63) is 29.8 Å². The lowest BCUT2D eigenvalue weighted by Gasteiger charge is -2.38. The van der Waals surface area contributed by atoms with E-state index in [0.717, 1.165) is 31.8 Å². The van der Waals surface area contributed by atoms with Gasteiger partial charge in [0.2, 0.25) is 5.91 Å². The summed E-state index contributed by atoms with van der Waals surface area (Å²) in [6, 6.07) is 8.39. The van der Waals surface area contributed by atoms with Crippen molar-refractivity contribution >= 4 is 5.91 Å². The predicted octanol–water partition coefficient (Wildman–Crippen LogP) is 1.72. The number of hydrogen-bond donors (Lipinski definition) is 0. The lowest BCUT2D eigenvalue weighted by Crippen LogP contribution is -2.51. The zero-order valence-corrected chi connectivity index (χ0v) is 15.5. The van der Waals surface area contributed by atoms with Crippen LogP contribution < -0.4 is 4.74 Å². The third-order valence-electron chi connectivity index (χ3n) is 4.85. The van der Waals surface area contributed by atoms with Crippen molar-refractivity contribution in [2.24, 2.45) is 0 Å². The summed E-state index contributed by atoms with van der Waals surface area (Å²) in [5.41, 5.74) is 1.21. The second kappa shape index (κ2) is 9.04. The van der Waals surface area contributed by atoms with E-state index in [4.69, 9.17) is 4.74 Å². The van der Waals surface area contributed by atoms with Gasteiger partial charge in [0, 0.05) is 39.1 Å². The second-order valence-electron chi connectivity index (χ2n) is 6.73. The molecule has 1 aliphatic rings. The minimum absolute atomic E-state index is 0.189. The number of likely N-dealkylation sites (N-methyl/N-ethyl adjacent to an activating group) is 3. The number of piperazine rings is 1. The molecule has 1 saturated heterocycles. The van der Waals surface area contributed by atoms with Crippen LogP contribution in [0.5, 0.6) is 5.75 Å². The molecular formula is C19H31N3O2. The monoisotopic (exact) mass is 333 g/mol. The van der Waals surface area contributed by atoms with E-state index in [1.165, 1.54) is 5.56 Å².